The average Bonchev–Trinajstić information content (AvgIpc) is 2.95. The molecule has 2 aliphatic heterocycles. The van der Waals surface area contributed by atoms with Crippen molar-refractivity contribution in [3.63, 3.8) is 0 Å². The van der Waals surface area contributed by atoms with Crippen LogP contribution in [0.5, 0.6) is 5.75 Å². The number of benzene rings is 1. The fraction of sp³-hybridized carbons (Fsp3) is 0.742. The molecule has 0 atom stereocenters. The zero-order chi connectivity index (χ0) is 27.5. The van der Waals surface area contributed by atoms with E-state index >= 15 is 0 Å². The Hall–Kier alpha value is -2.32. The number of likely N-dealkylation sites (tertiary alicyclic amines) is 2. The predicted molar refractivity (Wildman–Crippen MR) is 157 cm³/mol. The zero-order valence-electron chi connectivity index (χ0n) is 24.1. The number of amides is 2. The SMILES string of the molecule is Cc1ccc(OCC(=O)N2CCC(CC3CCN(CC(=O)NC4CCCCC4)CC3)CC2)cc1NCCCN. The van der Waals surface area contributed by atoms with Crippen LogP contribution in [-0.2, 0) is 9.59 Å². The van der Waals surface area contributed by atoms with Gasteiger partial charge in [-0.3, -0.25) is 14.5 Å². The molecule has 4 rings (SSSR count). The maximum absolute atomic E-state index is 12.8. The van der Waals surface area contributed by atoms with Crippen LogP contribution in [0, 0.1) is 18.8 Å². The first-order chi connectivity index (χ1) is 19.0. The Morgan fingerprint density at radius 2 is 1.67 bits per heavy atom. The number of nitrogens with zero attached hydrogens (tertiary/aromatic N) is 2. The molecule has 2 saturated heterocycles. The molecule has 2 heterocycles. The summed E-state index contributed by atoms with van der Waals surface area (Å²) in [6.07, 6.45) is 12.8. The standard InChI is InChI=1S/C31H51N5O3/c1-24-8-9-28(21-29(24)33-15-5-14-32)39-23-31(38)36-18-12-26(13-19-36)20-25-10-16-35(17-11-25)22-30(37)34-27-6-3-2-4-7-27/h8-9,21,25-27,33H,2-7,10-20,22-23,32H2,1H3,(H,34,37). The molecular formula is C31H51N5O3. The Bertz CT molecular complexity index is 903. The van der Waals surface area contributed by atoms with Gasteiger partial charge in [-0.15, -0.1) is 0 Å². The summed E-state index contributed by atoms with van der Waals surface area (Å²) >= 11 is 0. The quantitative estimate of drug-likeness (QED) is 0.347. The minimum Gasteiger partial charge on any atom is -0.484 e. The zero-order valence-corrected chi connectivity index (χ0v) is 24.1. The molecule has 2 amide bonds. The van der Waals surface area contributed by atoms with Crippen LogP contribution in [0.25, 0.3) is 0 Å². The van der Waals surface area contributed by atoms with Gasteiger partial charge >= 0.3 is 0 Å². The number of carbonyl (C=O) groups excluding carboxylic acids is 2. The molecule has 1 saturated carbocycles. The van der Waals surface area contributed by atoms with Crippen LogP contribution in [0.2, 0.25) is 0 Å². The van der Waals surface area contributed by atoms with Crippen molar-refractivity contribution in [2.24, 2.45) is 17.6 Å². The van der Waals surface area contributed by atoms with Crippen molar-refractivity contribution in [2.75, 3.05) is 57.7 Å². The van der Waals surface area contributed by atoms with Crippen molar-refractivity contribution in [3.8, 4) is 5.75 Å². The van der Waals surface area contributed by atoms with Crippen LogP contribution in [0.3, 0.4) is 0 Å². The van der Waals surface area contributed by atoms with Crippen molar-refractivity contribution in [1.29, 1.82) is 0 Å². The number of hydrogen-bond acceptors (Lipinski definition) is 6. The molecule has 8 nitrogen and oxygen atoms in total. The van der Waals surface area contributed by atoms with Gasteiger partial charge in [-0.2, -0.15) is 0 Å². The summed E-state index contributed by atoms with van der Waals surface area (Å²) in [7, 11) is 0. The summed E-state index contributed by atoms with van der Waals surface area (Å²) < 4.78 is 5.86. The molecule has 1 aromatic carbocycles. The highest BCUT2D eigenvalue weighted by molar-refractivity contribution is 5.78. The molecule has 0 bridgehead atoms. The first-order valence-corrected chi connectivity index (χ1v) is 15.5. The lowest BCUT2D eigenvalue weighted by molar-refractivity contribution is -0.134. The van der Waals surface area contributed by atoms with Gasteiger partial charge in [0.15, 0.2) is 6.61 Å². The monoisotopic (exact) mass is 541 g/mol. The lowest BCUT2D eigenvalue weighted by Gasteiger charge is -2.36. The van der Waals surface area contributed by atoms with Gasteiger partial charge in [0.25, 0.3) is 5.91 Å². The third-order valence-electron chi connectivity index (χ3n) is 8.95. The van der Waals surface area contributed by atoms with Crippen LogP contribution in [0.4, 0.5) is 5.69 Å². The first-order valence-electron chi connectivity index (χ1n) is 15.5. The number of carbonyl (C=O) groups is 2. The maximum atomic E-state index is 12.8. The predicted octanol–water partition coefficient (Wildman–Crippen LogP) is 3.92. The third kappa shape index (κ3) is 9.67. The van der Waals surface area contributed by atoms with E-state index in [4.69, 9.17) is 10.5 Å². The number of piperidine rings is 2. The van der Waals surface area contributed by atoms with E-state index in [0.29, 0.717) is 25.0 Å². The van der Waals surface area contributed by atoms with Crippen molar-refractivity contribution in [2.45, 2.75) is 83.6 Å². The van der Waals surface area contributed by atoms with Crippen LogP contribution < -0.4 is 21.1 Å². The molecule has 3 fully saturated rings. The number of hydrogen-bond donors (Lipinski definition) is 3. The molecule has 0 aromatic heterocycles. The Labute approximate surface area is 235 Å². The topological polar surface area (TPSA) is 99.9 Å². The summed E-state index contributed by atoms with van der Waals surface area (Å²) in [6.45, 7) is 7.90. The van der Waals surface area contributed by atoms with Gasteiger partial charge in [0.05, 0.1) is 6.54 Å². The molecule has 1 aliphatic carbocycles. The van der Waals surface area contributed by atoms with Crippen molar-refractivity contribution in [3.05, 3.63) is 23.8 Å². The van der Waals surface area contributed by atoms with Crippen molar-refractivity contribution >= 4 is 17.5 Å². The minimum atomic E-state index is 0.0754. The molecule has 3 aliphatic rings. The van der Waals surface area contributed by atoms with Gasteiger partial charge in [0.2, 0.25) is 5.91 Å². The lowest BCUT2D eigenvalue weighted by Crippen LogP contribution is -2.45. The van der Waals surface area contributed by atoms with Crippen LogP contribution >= 0.6 is 0 Å². The fourth-order valence-electron chi connectivity index (χ4n) is 6.44. The molecule has 1 aromatic rings. The highest BCUT2D eigenvalue weighted by atomic mass is 16.5. The van der Waals surface area contributed by atoms with E-state index in [1.807, 2.05) is 23.1 Å². The molecule has 4 N–H and O–H groups in total. The van der Waals surface area contributed by atoms with Gasteiger partial charge in [0, 0.05) is 37.4 Å². The van der Waals surface area contributed by atoms with E-state index in [-0.39, 0.29) is 18.4 Å². The summed E-state index contributed by atoms with van der Waals surface area (Å²) in [5.41, 5.74) is 7.77. The second-order valence-corrected chi connectivity index (χ2v) is 12.0. The summed E-state index contributed by atoms with van der Waals surface area (Å²) in [6, 6.07) is 6.32. The lowest BCUT2D eigenvalue weighted by atomic mass is 9.83. The Kier molecular flexibility index (Phi) is 11.8. The Morgan fingerprint density at radius 1 is 0.974 bits per heavy atom. The highest BCUT2D eigenvalue weighted by Crippen LogP contribution is 2.30. The number of aryl methyl sites for hydroxylation is 1. The van der Waals surface area contributed by atoms with Crippen LogP contribution in [-0.4, -0.2) is 80.1 Å². The van der Waals surface area contributed by atoms with Gasteiger partial charge < -0.3 is 26.0 Å². The second-order valence-electron chi connectivity index (χ2n) is 12.0. The molecule has 39 heavy (non-hydrogen) atoms. The Balaban J connectivity index is 1.10. The van der Waals surface area contributed by atoms with E-state index in [1.54, 1.807) is 0 Å². The first kappa shape index (κ1) is 29.7. The molecule has 0 unspecified atom stereocenters. The van der Waals surface area contributed by atoms with Gasteiger partial charge in [-0.25, -0.2) is 0 Å². The number of anilines is 1. The average molecular weight is 542 g/mol. The van der Waals surface area contributed by atoms with E-state index < -0.39 is 0 Å². The van der Waals surface area contributed by atoms with Gasteiger partial charge in [0.1, 0.15) is 5.75 Å². The van der Waals surface area contributed by atoms with E-state index in [9.17, 15) is 9.59 Å². The number of nitrogens with one attached hydrogen (secondary N) is 2. The number of nitrogens with two attached hydrogens (primary N) is 1. The number of ether oxygens (including phenoxy) is 1. The van der Waals surface area contributed by atoms with Crippen LogP contribution in [0.15, 0.2) is 18.2 Å². The van der Waals surface area contributed by atoms with Crippen molar-refractivity contribution < 1.29 is 14.3 Å². The van der Waals surface area contributed by atoms with E-state index in [1.165, 1.54) is 38.5 Å². The molecule has 0 radical (unpaired) electrons. The Morgan fingerprint density at radius 3 is 2.36 bits per heavy atom. The summed E-state index contributed by atoms with van der Waals surface area (Å²) in [5.74, 6) is 2.44. The van der Waals surface area contributed by atoms with Crippen molar-refractivity contribution in [1.82, 2.24) is 15.1 Å². The largest absolute Gasteiger partial charge is 0.484 e. The smallest absolute Gasteiger partial charge is 0.260 e. The summed E-state index contributed by atoms with van der Waals surface area (Å²) in [5, 5.41) is 6.65. The molecule has 218 valence electrons. The normalized spacial score (nSPS) is 20.1. The van der Waals surface area contributed by atoms with E-state index in [2.05, 4.69) is 22.5 Å². The maximum Gasteiger partial charge on any atom is 0.260 e. The summed E-state index contributed by atoms with van der Waals surface area (Å²) in [4.78, 5) is 29.6. The molecule has 8 heteroatoms. The van der Waals surface area contributed by atoms with Gasteiger partial charge in [-0.1, -0.05) is 25.3 Å². The minimum absolute atomic E-state index is 0.0754. The van der Waals surface area contributed by atoms with Gasteiger partial charge in [-0.05, 0) is 101 Å². The molecular weight excluding hydrogens is 490 g/mol. The second kappa shape index (κ2) is 15.5. The third-order valence-corrected chi connectivity index (χ3v) is 8.95. The van der Waals surface area contributed by atoms with Crippen LogP contribution in [0.1, 0.15) is 76.2 Å². The number of rotatable bonds is 12. The van der Waals surface area contributed by atoms with E-state index in [0.717, 1.165) is 87.7 Å². The molecule has 0 spiro atoms. The highest BCUT2D eigenvalue weighted by Gasteiger charge is 2.28. The fourth-order valence-corrected chi connectivity index (χ4v) is 6.44.